The van der Waals surface area contributed by atoms with E-state index in [0.29, 0.717) is 0 Å². The zero-order valence-electron chi connectivity index (χ0n) is 32.2. The van der Waals surface area contributed by atoms with E-state index in [2.05, 4.69) is 109 Å². The summed E-state index contributed by atoms with van der Waals surface area (Å²) in [6, 6.07) is 50.7. The van der Waals surface area contributed by atoms with Crippen LogP contribution in [0.5, 0.6) is 34.5 Å². The van der Waals surface area contributed by atoms with E-state index in [1.807, 2.05) is 36.4 Å². The average Bonchev–Trinajstić information content (AvgIpc) is 3.24. The molecule has 0 saturated carbocycles. The van der Waals surface area contributed by atoms with Gasteiger partial charge in [-0.05, 0) is 0 Å². The van der Waals surface area contributed by atoms with Crippen molar-refractivity contribution in [2.75, 3.05) is 55.0 Å². The molecule has 292 valence electrons. The molecule has 0 unspecified atom stereocenters. The van der Waals surface area contributed by atoms with Gasteiger partial charge < -0.3 is 0 Å². The summed E-state index contributed by atoms with van der Waals surface area (Å²) in [6.07, 6.45) is 2.48. The van der Waals surface area contributed by atoms with Crippen molar-refractivity contribution in [1.29, 1.82) is 0 Å². The first-order chi connectivity index (χ1) is 26.0. The molecule has 0 radical (unpaired) electrons. The summed E-state index contributed by atoms with van der Waals surface area (Å²) in [5.41, 5.74) is 0. The van der Waals surface area contributed by atoms with Gasteiger partial charge in [0.15, 0.2) is 0 Å². The standard InChI is InChI=1S/C45H50O6P2.2BrH/c1-46-34-20-7-13-26-40(34)52(41-27-14-8-21-35(41)47-2,42-28-15-9-22-36(42)48-3)32-19-33-53(43-29-16-10-23-37(43)49-4,44-30-17-11-24-38(44)50-5)45-31-18-12-25-39(45)51-6;;/h7-18,20-31,52-53H,19,32-33H2,1-6H3;2*1H. The molecule has 0 N–H and O–H groups in total. The van der Waals surface area contributed by atoms with E-state index in [1.165, 1.54) is 0 Å². The van der Waals surface area contributed by atoms with E-state index in [4.69, 9.17) is 28.4 Å². The fourth-order valence-electron chi connectivity index (χ4n) is 8.28. The number of ether oxygens (including phenoxy) is 6. The van der Waals surface area contributed by atoms with Crippen LogP contribution in [0.2, 0.25) is 0 Å². The predicted octanol–water partition coefficient (Wildman–Crippen LogP) is 8.04. The SMILES string of the molecule is Br.Br.COc1ccccc1[PH](CCC[PH](c1ccccc1OC)(c1ccccc1OC)c1ccccc1OC)(c1ccccc1OC)c1ccccc1OC. The zero-order valence-corrected chi connectivity index (χ0v) is 37.7. The van der Waals surface area contributed by atoms with E-state index in [0.717, 1.165) is 85.1 Å². The predicted molar refractivity (Wildman–Crippen MR) is 247 cm³/mol. The molecule has 0 aliphatic carbocycles. The molecule has 6 rings (SSSR count). The summed E-state index contributed by atoms with van der Waals surface area (Å²) in [7, 11) is 4.46. The van der Waals surface area contributed by atoms with Crippen LogP contribution < -0.4 is 60.2 Å². The minimum atomic E-state index is -3.04. The molecule has 10 heteroatoms. The summed E-state index contributed by atoms with van der Waals surface area (Å²) in [6.45, 7) is 0. The molecule has 0 saturated heterocycles. The molecule has 0 heterocycles. The van der Waals surface area contributed by atoms with Crippen molar-refractivity contribution in [1.82, 2.24) is 0 Å². The number of halogens is 2. The van der Waals surface area contributed by atoms with Crippen molar-refractivity contribution >= 4 is 80.3 Å². The average molecular weight is 911 g/mol. The van der Waals surface area contributed by atoms with Crippen LogP contribution in [0.25, 0.3) is 0 Å². The van der Waals surface area contributed by atoms with E-state index in [9.17, 15) is 0 Å². The van der Waals surface area contributed by atoms with Crippen LogP contribution in [-0.2, 0) is 0 Å². The Kier molecular flexibility index (Phi) is 16.0. The molecule has 6 nitrogen and oxygen atoms in total. The van der Waals surface area contributed by atoms with Crippen LogP contribution in [0.4, 0.5) is 0 Å². The maximum absolute atomic E-state index is 6.20. The second kappa shape index (κ2) is 20.2. The number of rotatable bonds is 16. The van der Waals surface area contributed by atoms with Crippen LogP contribution in [0, 0.1) is 0 Å². The van der Waals surface area contributed by atoms with Gasteiger partial charge in [-0.3, -0.25) is 0 Å². The molecule has 0 amide bonds. The molecular weight excluding hydrogens is 858 g/mol. The van der Waals surface area contributed by atoms with Gasteiger partial charge in [-0.15, -0.1) is 34.0 Å². The quantitative estimate of drug-likeness (QED) is 0.0918. The zero-order chi connectivity index (χ0) is 37.3. The maximum atomic E-state index is 6.20. The van der Waals surface area contributed by atoms with Gasteiger partial charge in [-0.1, -0.05) is 0 Å². The fourth-order valence-corrected chi connectivity index (χ4v) is 19.3. The van der Waals surface area contributed by atoms with Crippen LogP contribution in [0.15, 0.2) is 146 Å². The van der Waals surface area contributed by atoms with Gasteiger partial charge in [-0.25, -0.2) is 0 Å². The van der Waals surface area contributed by atoms with Crippen LogP contribution in [-0.4, -0.2) is 55.0 Å². The Morgan fingerprint density at radius 2 is 0.455 bits per heavy atom. The van der Waals surface area contributed by atoms with E-state index >= 15 is 0 Å². The first-order valence-electron chi connectivity index (χ1n) is 17.8. The Bertz CT molecular complexity index is 1760. The summed E-state index contributed by atoms with van der Waals surface area (Å²) in [4.78, 5) is 0. The molecule has 6 aromatic rings. The number of hydrogen-bond acceptors (Lipinski definition) is 6. The Morgan fingerprint density at radius 3 is 0.618 bits per heavy atom. The molecule has 0 fully saturated rings. The van der Waals surface area contributed by atoms with Gasteiger partial charge in [0.25, 0.3) is 0 Å². The number of para-hydroxylation sites is 6. The third-order valence-electron chi connectivity index (χ3n) is 10.5. The van der Waals surface area contributed by atoms with Gasteiger partial charge in [0.05, 0.1) is 0 Å². The normalized spacial score (nSPS) is 11.6. The van der Waals surface area contributed by atoms with Crippen molar-refractivity contribution in [3.8, 4) is 34.5 Å². The van der Waals surface area contributed by atoms with E-state index < -0.39 is 14.5 Å². The van der Waals surface area contributed by atoms with Gasteiger partial charge in [-0.2, -0.15) is 0 Å². The number of methoxy groups -OCH3 is 6. The Hall–Kier alpha value is -4.06. The second-order valence-corrected chi connectivity index (χ2v) is 20.7. The van der Waals surface area contributed by atoms with Crippen molar-refractivity contribution in [3.63, 3.8) is 0 Å². The van der Waals surface area contributed by atoms with Crippen LogP contribution in [0.3, 0.4) is 0 Å². The van der Waals surface area contributed by atoms with Crippen molar-refractivity contribution in [2.24, 2.45) is 0 Å². The topological polar surface area (TPSA) is 55.4 Å². The number of hydrogen-bond donors (Lipinski definition) is 0. The van der Waals surface area contributed by atoms with Gasteiger partial charge >= 0.3 is 316 Å². The summed E-state index contributed by atoms with van der Waals surface area (Å²) in [5.74, 6) is 5.08. The van der Waals surface area contributed by atoms with Crippen molar-refractivity contribution in [3.05, 3.63) is 146 Å². The Balaban J connectivity index is 0.00000336. The van der Waals surface area contributed by atoms with Gasteiger partial charge in [0.2, 0.25) is 0 Å². The van der Waals surface area contributed by atoms with Crippen molar-refractivity contribution in [2.45, 2.75) is 6.42 Å². The van der Waals surface area contributed by atoms with Gasteiger partial charge in [0, 0.05) is 0 Å². The summed E-state index contributed by atoms with van der Waals surface area (Å²) in [5, 5.41) is 6.98. The summed E-state index contributed by atoms with van der Waals surface area (Å²) >= 11 is 0. The molecule has 55 heavy (non-hydrogen) atoms. The molecule has 0 aromatic heterocycles. The number of benzene rings is 6. The Morgan fingerprint density at radius 1 is 0.291 bits per heavy atom. The van der Waals surface area contributed by atoms with E-state index in [-0.39, 0.29) is 34.0 Å². The molecule has 0 aliphatic rings. The summed E-state index contributed by atoms with van der Waals surface area (Å²) < 4.78 is 37.2. The molecular formula is C45H52Br2O6P2. The molecule has 0 bridgehead atoms. The van der Waals surface area contributed by atoms with Gasteiger partial charge in [0.1, 0.15) is 0 Å². The Labute approximate surface area is 348 Å². The fraction of sp³-hybridized carbons (Fsp3) is 0.200. The van der Waals surface area contributed by atoms with Crippen molar-refractivity contribution < 1.29 is 28.4 Å². The van der Waals surface area contributed by atoms with Crippen LogP contribution >= 0.6 is 48.5 Å². The van der Waals surface area contributed by atoms with E-state index in [1.54, 1.807) is 42.7 Å². The molecule has 6 aromatic carbocycles. The monoisotopic (exact) mass is 908 g/mol. The third-order valence-corrected chi connectivity index (χ3v) is 20.7. The van der Waals surface area contributed by atoms with Crippen LogP contribution in [0.1, 0.15) is 6.42 Å². The molecule has 0 aliphatic heterocycles. The third kappa shape index (κ3) is 8.25. The first kappa shape index (κ1) is 43.7. The minimum absolute atomic E-state index is 0. The second-order valence-electron chi connectivity index (χ2n) is 12.9. The molecule has 0 spiro atoms. The first-order valence-corrected chi connectivity index (χ1v) is 22.3. The molecule has 0 atom stereocenters.